The Hall–Kier alpha value is -1.64. The van der Waals surface area contributed by atoms with E-state index in [1.165, 1.54) is 6.07 Å². The largest absolute Gasteiger partial charge is 0.518 e. The van der Waals surface area contributed by atoms with E-state index >= 15 is 0 Å². The van der Waals surface area contributed by atoms with Crippen molar-refractivity contribution in [2.45, 2.75) is 33.3 Å². The Kier molecular flexibility index (Phi) is 3.71. The first-order valence-electron chi connectivity index (χ1n) is 5.41. The zero-order chi connectivity index (χ0) is 13.2. The summed E-state index contributed by atoms with van der Waals surface area (Å²) in [5, 5.41) is 0. The predicted molar refractivity (Wildman–Crippen MR) is 68.0 cm³/mol. The van der Waals surface area contributed by atoms with E-state index in [-0.39, 0.29) is 11.8 Å². The molecule has 92 valence electrons. The number of ether oxygens (including phenoxy) is 1. The molecule has 0 atom stereocenters. The molecule has 1 N–H and O–H groups in total. The maximum absolute atomic E-state index is 13.1. The molecule has 0 amide bonds. The van der Waals surface area contributed by atoms with Crippen LogP contribution in [0.4, 0.5) is 4.39 Å². The number of hydrogen-bond acceptors (Lipinski definition) is 1. The third kappa shape index (κ3) is 3.70. The fourth-order valence-electron chi connectivity index (χ4n) is 1.31. The van der Waals surface area contributed by atoms with Crippen molar-refractivity contribution in [3.8, 4) is 0 Å². The van der Waals surface area contributed by atoms with Crippen molar-refractivity contribution in [1.29, 1.82) is 0 Å². The third-order valence-electron chi connectivity index (χ3n) is 2.17. The van der Waals surface area contributed by atoms with Gasteiger partial charge in [0.1, 0.15) is 11.4 Å². The summed E-state index contributed by atoms with van der Waals surface area (Å²) in [6.07, 6.45) is 0. The quantitative estimate of drug-likeness (QED) is 0.440. The number of esters is 1. The van der Waals surface area contributed by atoms with Gasteiger partial charge in [-0.1, -0.05) is 12.6 Å². The van der Waals surface area contributed by atoms with Crippen LogP contribution in [-0.4, -0.2) is 16.4 Å². The monoisotopic (exact) mass is 237 g/mol. The molecule has 2 nitrogen and oxygen atoms in total. The Morgan fingerprint density at radius 1 is 1.35 bits per heavy atom. The van der Waals surface area contributed by atoms with Crippen molar-refractivity contribution in [3.63, 3.8) is 0 Å². The molecular formula is C14H18FO2+. The van der Waals surface area contributed by atoms with Gasteiger partial charge in [0.05, 0.1) is 0 Å². The van der Waals surface area contributed by atoms with Crippen molar-refractivity contribution in [2.24, 2.45) is 0 Å². The molecular weight excluding hydrogens is 219 g/mol. The molecule has 0 radical (unpaired) electrons. The average Bonchev–Trinajstić information content (AvgIpc) is 2.18. The number of aryl methyl sites for hydroxylation is 1. The van der Waals surface area contributed by atoms with Gasteiger partial charge in [0, 0.05) is 20.8 Å². The molecule has 0 saturated heterocycles. The first kappa shape index (κ1) is 13.4. The molecule has 1 rings (SSSR count). The Bertz CT molecular complexity index is 456. The van der Waals surface area contributed by atoms with E-state index in [0.29, 0.717) is 16.7 Å². The summed E-state index contributed by atoms with van der Waals surface area (Å²) in [5.41, 5.74) is 1.00. The normalized spacial score (nSPS) is 11.1. The Morgan fingerprint density at radius 2 is 1.94 bits per heavy atom. The second-order valence-corrected chi connectivity index (χ2v) is 4.96. The highest BCUT2D eigenvalue weighted by molar-refractivity contribution is 6.16. The van der Waals surface area contributed by atoms with Crippen LogP contribution in [0.3, 0.4) is 0 Å². The molecule has 1 aromatic rings. The number of rotatable bonds is 2. The second-order valence-electron chi connectivity index (χ2n) is 4.96. The van der Waals surface area contributed by atoms with Gasteiger partial charge >= 0.3 is 5.97 Å². The van der Waals surface area contributed by atoms with Gasteiger partial charge in [-0.2, -0.15) is 0 Å². The molecule has 0 aliphatic carbocycles. The first-order valence-corrected chi connectivity index (χ1v) is 5.41. The van der Waals surface area contributed by atoms with Crippen LogP contribution in [0.1, 0.15) is 31.9 Å². The molecule has 1 aromatic carbocycles. The average molecular weight is 237 g/mol. The van der Waals surface area contributed by atoms with Crippen LogP contribution in [0.2, 0.25) is 0 Å². The van der Waals surface area contributed by atoms with Crippen LogP contribution in [0.15, 0.2) is 24.8 Å². The molecule has 3 heteroatoms. The number of benzene rings is 1. The van der Waals surface area contributed by atoms with Crippen LogP contribution in [0, 0.1) is 12.7 Å². The van der Waals surface area contributed by atoms with E-state index in [1.54, 1.807) is 19.1 Å². The van der Waals surface area contributed by atoms with Crippen molar-refractivity contribution in [1.82, 2.24) is 0 Å². The van der Waals surface area contributed by atoms with Gasteiger partial charge in [-0.05, 0) is 30.2 Å². The fourth-order valence-corrected chi connectivity index (χ4v) is 1.31. The summed E-state index contributed by atoms with van der Waals surface area (Å²) < 4.78 is 18.4. The molecule has 0 fully saturated rings. The number of carbonyl (C=O) groups excluding carboxylic acids is 1. The molecule has 0 aliphatic rings. The number of halogens is 1. The zero-order valence-electron chi connectivity index (χ0n) is 10.7. The topological polar surface area (TPSA) is 30.6 Å². The lowest BCUT2D eigenvalue weighted by atomic mass is 10.0. The minimum Gasteiger partial charge on any atom is -0.335 e. The molecule has 0 heterocycles. The Morgan fingerprint density at radius 3 is 2.41 bits per heavy atom. The van der Waals surface area contributed by atoms with Gasteiger partial charge in [-0.3, -0.25) is 0 Å². The van der Waals surface area contributed by atoms with Gasteiger partial charge in [0.15, 0.2) is 5.60 Å². The summed E-state index contributed by atoms with van der Waals surface area (Å²) in [6, 6.07) is 4.53. The van der Waals surface area contributed by atoms with Crippen LogP contribution >= 0.6 is 0 Å². The van der Waals surface area contributed by atoms with Gasteiger partial charge in [0.2, 0.25) is 0 Å². The molecule has 17 heavy (non-hydrogen) atoms. The van der Waals surface area contributed by atoms with Crippen LogP contribution in [0.5, 0.6) is 0 Å². The van der Waals surface area contributed by atoms with Gasteiger partial charge in [-0.25, -0.2) is 4.39 Å². The van der Waals surface area contributed by atoms with E-state index in [4.69, 9.17) is 4.74 Å². The van der Waals surface area contributed by atoms with Crippen molar-refractivity contribution < 1.29 is 13.9 Å². The molecule has 0 unspecified atom stereocenters. The summed E-state index contributed by atoms with van der Waals surface area (Å²) >= 11 is 0. The van der Waals surface area contributed by atoms with Crippen LogP contribution in [0.25, 0.3) is 5.57 Å². The second kappa shape index (κ2) is 4.70. The van der Waals surface area contributed by atoms with Crippen LogP contribution < -0.4 is 0 Å². The molecule has 0 aromatic heterocycles. The zero-order valence-corrected chi connectivity index (χ0v) is 10.7. The summed E-state index contributed by atoms with van der Waals surface area (Å²) in [4.78, 5) is 9.77. The van der Waals surface area contributed by atoms with E-state index in [9.17, 15) is 9.18 Å². The molecule has 0 saturated carbocycles. The van der Waals surface area contributed by atoms with Crippen molar-refractivity contribution in [3.05, 3.63) is 41.7 Å². The molecule has 0 bridgehead atoms. The van der Waals surface area contributed by atoms with Gasteiger partial charge < -0.3 is 9.53 Å². The summed E-state index contributed by atoms with van der Waals surface area (Å²) in [5.74, 6) is -0.513. The summed E-state index contributed by atoms with van der Waals surface area (Å²) in [6.45, 7) is 10.9. The Labute approximate surface area is 101 Å². The highest BCUT2D eigenvalue weighted by Gasteiger charge is 2.28. The highest BCUT2D eigenvalue weighted by atomic mass is 19.1. The lowest BCUT2D eigenvalue weighted by Gasteiger charge is -2.11. The van der Waals surface area contributed by atoms with E-state index in [2.05, 4.69) is 6.58 Å². The van der Waals surface area contributed by atoms with E-state index in [1.807, 2.05) is 20.8 Å². The first-order chi connectivity index (χ1) is 7.70. The van der Waals surface area contributed by atoms with Gasteiger partial charge in [0.25, 0.3) is 0 Å². The van der Waals surface area contributed by atoms with E-state index in [0.717, 1.165) is 0 Å². The lowest BCUT2D eigenvalue weighted by Crippen LogP contribution is -2.24. The maximum Gasteiger partial charge on any atom is 0.518 e. The van der Waals surface area contributed by atoms with E-state index < -0.39 is 5.60 Å². The lowest BCUT2D eigenvalue weighted by molar-refractivity contribution is 0.106. The van der Waals surface area contributed by atoms with Crippen molar-refractivity contribution in [2.75, 3.05) is 0 Å². The number of hydrogen-bond donors (Lipinski definition) is 0. The highest BCUT2D eigenvalue weighted by Crippen LogP contribution is 2.20. The fraction of sp³-hybridized carbons (Fsp3) is 0.357. The smallest absolute Gasteiger partial charge is 0.335 e. The molecule has 0 spiro atoms. The summed E-state index contributed by atoms with van der Waals surface area (Å²) in [7, 11) is 0. The van der Waals surface area contributed by atoms with Gasteiger partial charge in [-0.15, -0.1) is 0 Å². The third-order valence-corrected chi connectivity index (χ3v) is 2.17. The Balaban J connectivity index is 2.90. The van der Waals surface area contributed by atoms with Crippen molar-refractivity contribution >= 4 is 11.5 Å². The molecule has 0 aliphatic heterocycles. The standard InChI is InChI=1S/C14H17FO2/c1-9-8-11(6-7-12(9)15)10(2)13(16)17-14(3,4)5/h6-8H,2H2,1,3-5H3/p+1. The van der Waals surface area contributed by atoms with Crippen LogP contribution in [-0.2, 0) is 4.74 Å². The maximum atomic E-state index is 13.1. The predicted octanol–water partition coefficient (Wildman–Crippen LogP) is 3.46. The minimum atomic E-state index is -0.498. The minimum absolute atomic E-state index is 0.233. The SMILES string of the molecule is C=C(C(=[OH+])OC(C)(C)C)c1ccc(F)c(C)c1.